The van der Waals surface area contributed by atoms with Gasteiger partial charge in [0.15, 0.2) is 11.5 Å². The largest absolute Gasteiger partial charge is 0.504 e. The molecule has 1 aromatic heterocycles. The van der Waals surface area contributed by atoms with Gasteiger partial charge >= 0.3 is 5.97 Å². The fraction of sp³-hybridized carbons (Fsp3) is 0.435. The molecule has 0 aliphatic carbocycles. The van der Waals surface area contributed by atoms with Gasteiger partial charge in [-0.25, -0.2) is 0 Å². The van der Waals surface area contributed by atoms with Gasteiger partial charge in [0.25, 0.3) is 5.56 Å². The molecule has 1 fully saturated rings. The van der Waals surface area contributed by atoms with Gasteiger partial charge in [0.2, 0.25) is 11.9 Å². The molecule has 11 heteroatoms. The van der Waals surface area contributed by atoms with Crippen molar-refractivity contribution in [3.63, 3.8) is 0 Å². The van der Waals surface area contributed by atoms with E-state index in [1.54, 1.807) is 13.0 Å². The maximum absolute atomic E-state index is 13.2. The predicted molar refractivity (Wildman–Crippen MR) is 121 cm³/mol. The second-order valence-electron chi connectivity index (χ2n) is 8.17. The number of fused-ring (bicyclic) bond motifs is 1. The number of benzene rings is 1. The van der Waals surface area contributed by atoms with E-state index in [2.05, 4.69) is 15.3 Å². The summed E-state index contributed by atoms with van der Waals surface area (Å²) in [5, 5.41) is 22.2. The molecule has 2 aliphatic rings. The van der Waals surface area contributed by atoms with Crippen LogP contribution < -0.4 is 20.5 Å². The zero-order valence-electron chi connectivity index (χ0n) is 18.8. The zero-order valence-corrected chi connectivity index (χ0v) is 18.8. The summed E-state index contributed by atoms with van der Waals surface area (Å²) in [5.74, 6) is -2.65. The van der Waals surface area contributed by atoms with Crippen molar-refractivity contribution in [2.45, 2.75) is 25.7 Å². The number of amides is 1. The third-order valence-electron chi connectivity index (χ3n) is 6.23. The van der Waals surface area contributed by atoms with Crippen molar-refractivity contribution in [3.8, 4) is 17.6 Å². The fourth-order valence-corrected chi connectivity index (χ4v) is 4.48. The van der Waals surface area contributed by atoms with Gasteiger partial charge in [-0.3, -0.25) is 19.4 Å². The Kier molecular flexibility index (Phi) is 6.40. The van der Waals surface area contributed by atoms with Crippen molar-refractivity contribution in [1.29, 1.82) is 5.26 Å². The van der Waals surface area contributed by atoms with Crippen molar-refractivity contribution in [2.24, 2.45) is 11.8 Å². The number of piperidine rings is 1. The van der Waals surface area contributed by atoms with Gasteiger partial charge in [0, 0.05) is 19.0 Å². The van der Waals surface area contributed by atoms with Crippen LogP contribution in [0.4, 0.5) is 11.8 Å². The lowest BCUT2D eigenvalue weighted by atomic mass is 9.79. The van der Waals surface area contributed by atoms with Gasteiger partial charge in [-0.15, -0.1) is 0 Å². The molecule has 178 valence electrons. The Morgan fingerprint density at radius 1 is 1.32 bits per heavy atom. The number of esters is 1. The number of aromatic hydroxyl groups is 1. The second-order valence-corrected chi connectivity index (χ2v) is 8.17. The van der Waals surface area contributed by atoms with E-state index in [1.807, 2.05) is 11.0 Å². The summed E-state index contributed by atoms with van der Waals surface area (Å²) in [4.78, 5) is 47.1. The number of nitriles is 1. The van der Waals surface area contributed by atoms with Crippen molar-refractivity contribution >= 4 is 23.6 Å². The summed E-state index contributed by atoms with van der Waals surface area (Å²) >= 11 is 0. The molecule has 3 N–H and O–H groups in total. The third-order valence-corrected chi connectivity index (χ3v) is 6.23. The summed E-state index contributed by atoms with van der Waals surface area (Å²) in [7, 11) is 1.38. The van der Waals surface area contributed by atoms with Crippen LogP contribution in [0.25, 0.3) is 0 Å². The number of rotatable bonds is 5. The summed E-state index contributed by atoms with van der Waals surface area (Å²) < 4.78 is 10.3. The van der Waals surface area contributed by atoms with Crippen LogP contribution in [0, 0.1) is 23.2 Å². The Hall–Kier alpha value is -4.07. The third kappa shape index (κ3) is 4.14. The molecule has 4 rings (SSSR count). The van der Waals surface area contributed by atoms with Gasteiger partial charge in [0.1, 0.15) is 11.7 Å². The number of carbonyl (C=O) groups is 2. The molecule has 2 unspecified atom stereocenters. The topological polar surface area (TPSA) is 158 Å². The van der Waals surface area contributed by atoms with Gasteiger partial charge in [0.05, 0.1) is 31.3 Å². The lowest BCUT2D eigenvalue weighted by Crippen LogP contribution is -2.41. The number of carbonyl (C=O) groups excluding carboxylic acids is 2. The number of nitrogens with zero attached hydrogens (tertiary/aromatic N) is 3. The molecule has 1 amide bonds. The van der Waals surface area contributed by atoms with Gasteiger partial charge in [-0.2, -0.15) is 10.2 Å². The van der Waals surface area contributed by atoms with E-state index in [4.69, 9.17) is 9.47 Å². The second kappa shape index (κ2) is 9.43. The molecule has 0 saturated carbocycles. The van der Waals surface area contributed by atoms with Gasteiger partial charge in [-0.05, 0) is 37.5 Å². The highest BCUT2D eigenvalue weighted by Gasteiger charge is 2.41. The maximum atomic E-state index is 13.2. The van der Waals surface area contributed by atoms with Gasteiger partial charge < -0.3 is 24.8 Å². The Labute approximate surface area is 195 Å². The van der Waals surface area contributed by atoms with Crippen LogP contribution in [0.3, 0.4) is 0 Å². The monoisotopic (exact) mass is 467 g/mol. The van der Waals surface area contributed by atoms with E-state index >= 15 is 0 Å². The first-order valence-corrected chi connectivity index (χ1v) is 11.0. The minimum atomic E-state index is -1.17. The SMILES string of the molecule is CCOC(=O)C1CCN(c2nc3c(c(=O)[nH]2)C(c2ccc(O)c(OC)c2)C(C#N)C(=O)N3)CC1. The maximum Gasteiger partial charge on any atom is 0.309 e. The smallest absolute Gasteiger partial charge is 0.309 e. The normalized spacial score (nSPS) is 20.1. The molecule has 34 heavy (non-hydrogen) atoms. The first-order valence-electron chi connectivity index (χ1n) is 11.0. The highest BCUT2D eigenvalue weighted by atomic mass is 16.5. The highest BCUT2D eigenvalue weighted by molar-refractivity contribution is 5.98. The number of phenolic OH excluding ortho intramolecular Hbond substituents is 1. The van der Waals surface area contributed by atoms with Crippen LogP contribution in [0.5, 0.6) is 11.5 Å². The standard InChI is InChI=1S/C23H25N5O6/c1-3-34-22(32)12-6-8-28(9-7-12)23-26-19-18(21(31)27-23)17(14(11-24)20(30)25-19)13-4-5-15(29)16(10-13)33-2/h4-5,10,12,14,17,29H,3,6-9H2,1-2H3,(H2,25,26,27,30,31). The molecule has 0 radical (unpaired) electrons. The van der Waals surface area contributed by atoms with E-state index in [0.717, 1.165) is 0 Å². The quantitative estimate of drug-likeness (QED) is 0.554. The molecule has 11 nitrogen and oxygen atoms in total. The Morgan fingerprint density at radius 3 is 2.71 bits per heavy atom. The van der Waals surface area contributed by atoms with E-state index in [9.17, 15) is 24.8 Å². The highest BCUT2D eigenvalue weighted by Crippen LogP contribution is 2.41. The van der Waals surface area contributed by atoms with Crippen molar-refractivity contribution in [1.82, 2.24) is 9.97 Å². The fourth-order valence-electron chi connectivity index (χ4n) is 4.48. The van der Waals surface area contributed by atoms with Crippen LogP contribution >= 0.6 is 0 Å². The molecule has 2 atom stereocenters. The van der Waals surface area contributed by atoms with Gasteiger partial charge in [-0.1, -0.05) is 6.07 Å². The van der Waals surface area contributed by atoms with Crippen LogP contribution in [0.1, 0.15) is 36.8 Å². The molecule has 0 spiro atoms. The van der Waals surface area contributed by atoms with Crippen LogP contribution in [-0.2, 0) is 14.3 Å². The molecular weight excluding hydrogens is 442 g/mol. The van der Waals surface area contributed by atoms with E-state index in [0.29, 0.717) is 38.1 Å². The summed E-state index contributed by atoms with van der Waals surface area (Å²) in [5.41, 5.74) is 0.140. The van der Waals surface area contributed by atoms with E-state index < -0.39 is 23.3 Å². The summed E-state index contributed by atoms with van der Waals surface area (Å²) in [6.45, 7) is 3.06. The zero-order chi connectivity index (χ0) is 24.4. The average molecular weight is 467 g/mol. The number of hydrogen-bond acceptors (Lipinski definition) is 9. The molecule has 1 aromatic carbocycles. The minimum Gasteiger partial charge on any atom is -0.504 e. The molecule has 3 heterocycles. The molecule has 2 aliphatic heterocycles. The molecule has 2 aromatic rings. The van der Waals surface area contributed by atoms with Crippen molar-refractivity contribution in [3.05, 3.63) is 39.7 Å². The first kappa shape index (κ1) is 23.1. The van der Waals surface area contributed by atoms with E-state index in [-0.39, 0.29) is 40.7 Å². The van der Waals surface area contributed by atoms with Crippen LogP contribution in [-0.4, -0.2) is 53.8 Å². The number of methoxy groups -OCH3 is 1. The minimum absolute atomic E-state index is 0.0832. The number of hydrogen-bond donors (Lipinski definition) is 3. The predicted octanol–water partition coefficient (Wildman–Crippen LogP) is 1.49. The molecular formula is C23H25N5O6. The Morgan fingerprint density at radius 2 is 2.06 bits per heavy atom. The summed E-state index contributed by atoms with van der Waals surface area (Å²) in [6.07, 6.45) is 1.11. The molecule has 1 saturated heterocycles. The van der Waals surface area contributed by atoms with Crippen LogP contribution in [0.15, 0.2) is 23.0 Å². The number of phenols is 1. The van der Waals surface area contributed by atoms with E-state index in [1.165, 1.54) is 19.2 Å². The Bertz CT molecular complexity index is 1210. The lowest BCUT2D eigenvalue weighted by molar-refractivity contribution is -0.148. The molecule has 0 bridgehead atoms. The number of anilines is 2. The average Bonchev–Trinajstić information content (AvgIpc) is 2.83. The van der Waals surface area contributed by atoms with Crippen molar-refractivity contribution < 1.29 is 24.2 Å². The number of nitrogens with one attached hydrogen (secondary N) is 2. The number of ether oxygens (including phenoxy) is 2. The Balaban J connectivity index is 1.69. The summed E-state index contributed by atoms with van der Waals surface area (Å²) in [6, 6.07) is 6.41. The number of H-pyrrole nitrogens is 1. The first-order chi connectivity index (χ1) is 16.4. The van der Waals surface area contributed by atoms with Crippen LogP contribution in [0.2, 0.25) is 0 Å². The lowest BCUT2D eigenvalue weighted by Gasteiger charge is -2.33. The number of aromatic nitrogens is 2. The van der Waals surface area contributed by atoms with Crippen molar-refractivity contribution in [2.75, 3.05) is 37.0 Å². The number of aromatic amines is 1.